The Labute approximate surface area is 79.4 Å². The van der Waals surface area contributed by atoms with Gasteiger partial charge in [-0.3, -0.25) is 4.21 Å². The van der Waals surface area contributed by atoms with Crippen molar-refractivity contribution in [2.45, 2.75) is 51.7 Å². The van der Waals surface area contributed by atoms with Gasteiger partial charge in [-0.05, 0) is 18.8 Å². The molecule has 0 aromatic rings. The molecule has 12 heavy (non-hydrogen) atoms. The van der Waals surface area contributed by atoms with E-state index >= 15 is 0 Å². The standard InChI is InChI=1S/C10H22OS/c1-6-9(4)10(7-2,8-3)12(5)11/h9H,6-8H2,1-5H3. The fraction of sp³-hybridized carbons (Fsp3) is 1.00. The van der Waals surface area contributed by atoms with Crippen LogP contribution >= 0.6 is 0 Å². The third kappa shape index (κ3) is 2.09. The largest absolute Gasteiger partial charge is 0.259 e. The minimum Gasteiger partial charge on any atom is -0.259 e. The number of hydrogen-bond donors (Lipinski definition) is 0. The second-order valence-electron chi connectivity index (χ2n) is 3.54. The molecule has 0 saturated carbocycles. The second-order valence-corrected chi connectivity index (χ2v) is 5.26. The molecule has 74 valence electrons. The van der Waals surface area contributed by atoms with Gasteiger partial charge in [0.05, 0.1) is 0 Å². The molecule has 2 heteroatoms. The molecule has 1 nitrogen and oxygen atoms in total. The van der Waals surface area contributed by atoms with E-state index in [9.17, 15) is 4.21 Å². The summed E-state index contributed by atoms with van der Waals surface area (Å²) in [5.41, 5.74) is 0. The maximum Gasteiger partial charge on any atom is 0.0476 e. The van der Waals surface area contributed by atoms with E-state index in [0.29, 0.717) is 5.92 Å². The van der Waals surface area contributed by atoms with E-state index in [2.05, 4.69) is 27.7 Å². The molecule has 0 amide bonds. The van der Waals surface area contributed by atoms with Crippen molar-refractivity contribution in [1.82, 2.24) is 0 Å². The van der Waals surface area contributed by atoms with Crippen LogP contribution in [-0.2, 0) is 10.8 Å². The summed E-state index contributed by atoms with van der Waals surface area (Å²) >= 11 is 0. The third-order valence-corrected chi connectivity index (χ3v) is 5.40. The zero-order valence-corrected chi connectivity index (χ0v) is 9.83. The van der Waals surface area contributed by atoms with Gasteiger partial charge in [-0.25, -0.2) is 0 Å². The molecule has 0 bridgehead atoms. The lowest BCUT2D eigenvalue weighted by Crippen LogP contribution is -2.39. The first kappa shape index (κ1) is 12.2. The van der Waals surface area contributed by atoms with Crippen molar-refractivity contribution in [3.63, 3.8) is 0 Å². The quantitative estimate of drug-likeness (QED) is 0.651. The van der Waals surface area contributed by atoms with Crippen LogP contribution in [0.4, 0.5) is 0 Å². The highest BCUT2D eigenvalue weighted by Crippen LogP contribution is 2.33. The molecule has 0 spiro atoms. The predicted molar refractivity (Wildman–Crippen MR) is 56.8 cm³/mol. The Bertz CT molecular complexity index is 150. The van der Waals surface area contributed by atoms with Gasteiger partial charge in [-0.1, -0.05) is 34.1 Å². The van der Waals surface area contributed by atoms with Crippen molar-refractivity contribution in [3.05, 3.63) is 0 Å². The third-order valence-electron chi connectivity index (χ3n) is 3.28. The molecular formula is C10H22OS. The van der Waals surface area contributed by atoms with E-state index < -0.39 is 10.8 Å². The molecule has 0 aromatic carbocycles. The maximum absolute atomic E-state index is 11.6. The highest BCUT2D eigenvalue weighted by atomic mass is 32.2. The molecule has 2 atom stereocenters. The maximum atomic E-state index is 11.6. The average molecular weight is 190 g/mol. The molecule has 0 aliphatic rings. The molecule has 0 fully saturated rings. The summed E-state index contributed by atoms with van der Waals surface area (Å²) in [7, 11) is -0.692. The minimum atomic E-state index is -0.692. The highest BCUT2D eigenvalue weighted by molar-refractivity contribution is 7.85. The Kier molecular flexibility index (Phi) is 5.07. The Balaban J connectivity index is 4.68. The normalized spacial score (nSPS) is 17.4. The van der Waals surface area contributed by atoms with Crippen molar-refractivity contribution >= 4 is 10.8 Å². The molecule has 2 unspecified atom stereocenters. The summed E-state index contributed by atoms with van der Waals surface area (Å²) in [6.07, 6.45) is 5.03. The summed E-state index contributed by atoms with van der Waals surface area (Å²) in [4.78, 5) is 0. The van der Waals surface area contributed by atoms with Crippen LogP contribution in [0.5, 0.6) is 0 Å². The Hall–Kier alpha value is 0.150. The number of hydrogen-bond acceptors (Lipinski definition) is 1. The van der Waals surface area contributed by atoms with Crippen LogP contribution in [-0.4, -0.2) is 15.2 Å². The Morgan fingerprint density at radius 1 is 1.25 bits per heavy atom. The monoisotopic (exact) mass is 190 g/mol. The van der Waals surface area contributed by atoms with Gasteiger partial charge < -0.3 is 0 Å². The van der Waals surface area contributed by atoms with Crippen LogP contribution in [0.1, 0.15) is 47.0 Å². The SMILES string of the molecule is CCC(C)C(CC)(CC)S(C)=O. The van der Waals surface area contributed by atoms with Gasteiger partial charge in [0, 0.05) is 21.8 Å². The Morgan fingerprint density at radius 2 is 1.67 bits per heavy atom. The summed E-state index contributed by atoms with van der Waals surface area (Å²) in [6, 6.07) is 0. The number of rotatable bonds is 5. The predicted octanol–water partition coefficient (Wildman–Crippen LogP) is 2.97. The zero-order chi connectivity index (χ0) is 9.78. The van der Waals surface area contributed by atoms with E-state index in [4.69, 9.17) is 0 Å². The van der Waals surface area contributed by atoms with Crippen molar-refractivity contribution < 1.29 is 4.21 Å². The first-order valence-electron chi connectivity index (χ1n) is 4.88. The molecule has 0 saturated heterocycles. The van der Waals surface area contributed by atoms with Gasteiger partial charge in [-0.15, -0.1) is 0 Å². The summed E-state index contributed by atoms with van der Waals surface area (Å²) in [5.74, 6) is 0.568. The van der Waals surface area contributed by atoms with Crippen molar-refractivity contribution in [1.29, 1.82) is 0 Å². The molecule has 0 radical (unpaired) electrons. The molecule has 0 aromatic heterocycles. The lowest BCUT2D eigenvalue weighted by molar-refractivity contribution is 0.362. The van der Waals surface area contributed by atoms with Crippen molar-refractivity contribution in [2.24, 2.45) is 5.92 Å². The summed E-state index contributed by atoms with van der Waals surface area (Å²) < 4.78 is 11.7. The second kappa shape index (κ2) is 5.00. The Morgan fingerprint density at radius 3 is 1.75 bits per heavy atom. The lowest BCUT2D eigenvalue weighted by atomic mass is 9.86. The van der Waals surface area contributed by atoms with E-state index in [1.807, 2.05) is 6.26 Å². The van der Waals surface area contributed by atoms with Crippen LogP contribution in [0, 0.1) is 5.92 Å². The average Bonchev–Trinajstić information content (AvgIpc) is 2.06. The van der Waals surface area contributed by atoms with Crippen LogP contribution in [0.2, 0.25) is 0 Å². The molecule has 0 N–H and O–H groups in total. The van der Waals surface area contributed by atoms with Crippen molar-refractivity contribution in [2.75, 3.05) is 6.26 Å². The van der Waals surface area contributed by atoms with Gasteiger partial charge >= 0.3 is 0 Å². The minimum absolute atomic E-state index is 0.0642. The van der Waals surface area contributed by atoms with Gasteiger partial charge in [-0.2, -0.15) is 0 Å². The van der Waals surface area contributed by atoms with Crippen LogP contribution in [0.25, 0.3) is 0 Å². The molecular weight excluding hydrogens is 168 g/mol. The first-order chi connectivity index (χ1) is 5.55. The summed E-state index contributed by atoms with van der Waals surface area (Å²) in [6.45, 7) is 8.69. The van der Waals surface area contributed by atoms with E-state index in [1.54, 1.807) is 0 Å². The molecule has 0 aliphatic heterocycles. The van der Waals surface area contributed by atoms with Gasteiger partial charge in [0.1, 0.15) is 0 Å². The summed E-state index contributed by atoms with van der Waals surface area (Å²) in [5, 5.41) is 0. The smallest absolute Gasteiger partial charge is 0.0476 e. The lowest BCUT2D eigenvalue weighted by Gasteiger charge is -2.35. The van der Waals surface area contributed by atoms with Crippen molar-refractivity contribution in [3.8, 4) is 0 Å². The van der Waals surface area contributed by atoms with Crippen LogP contribution in [0.3, 0.4) is 0 Å². The fourth-order valence-corrected chi connectivity index (χ4v) is 3.56. The topological polar surface area (TPSA) is 17.1 Å². The fourth-order valence-electron chi connectivity index (χ4n) is 2.01. The van der Waals surface area contributed by atoms with Gasteiger partial charge in [0.15, 0.2) is 0 Å². The molecule has 0 aliphatic carbocycles. The van der Waals surface area contributed by atoms with E-state index in [1.165, 1.54) is 0 Å². The zero-order valence-electron chi connectivity index (χ0n) is 9.02. The van der Waals surface area contributed by atoms with E-state index in [-0.39, 0.29) is 4.75 Å². The first-order valence-corrected chi connectivity index (χ1v) is 6.44. The molecule has 0 heterocycles. The van der Waals surface area contributed by atoms with Crippen LogP contribution < -0.4 is 0 Å². The van der Waals surface area contributed by atoms with Gasteiger partial charge in [0.25, 0.3) is 0 Å². The van der Waals surface area contributed by atoms with Crippen LogP contribution in [0.15, 0.2) is 0 Å². The van der Waals surface area contributed by atoms with E-state index in [0.717, 1.165) is 19.3 Å². The highest BCUT2D eigenvalue weighted by Gasteiger charge is 2.35. The molecule has 0 rings (SSSR count). The van der Waals surface area contributed by atoms with Gasteiger partial charge in [0.2, 0.25) is 0 Å².